The van der Waals surface area contributed by atoms with Crippen molar-refractivity contribution in [1.82, 2.24) is 0 Å². The number of aliphatic carboxylic acids is 1. The molecule has 1 N–H and O–H groups in total. The predicted molar refractivity (Wildman–Crippen MR) is 119 cm³/mol. The molecule has 0 bridgehead atoms. The van der Waals surface area contributed by atoms with Crippen molar-refractivity contribution in [1.29, 1.82) is 0 Å². The van der Waals surface area contributed by atoms with Gasteiger partial charge in [0, 0.05) is 0 Å². The smallest absolute Gasteiger partial charge is 0.419 e. The van der Waals surface area contributed by atoms with Crippen LogP contribution in [0.2, 0.25) is 0 Å². The molecule has 196 valence electrons. The number of fused-ring (bicyclic) bond motifs is 1. The minimum atomic E-state index is -5.15. The molecule has 2 aromatic rings. The normalized spacial score (nSPS) is 16.2. The fourth-order valence-electron chi connectivity index (χ4n) is 3.55. The lowest BCUT2D eigenvalue weighted by Crippen LogP contribution is -2.44. The van der Waals surface area contributed by atoms with Gasteiger partial charge in [0.2, 0.25) is 0 Å². The Bertz CT molecular complexity index is 1290. The van der Waals surface area contributed by atoms with Gasteiger partial charge in [-0.2, -0.15) is 13.2 Å². The first-order chi connectivity index (χ1) is 16.5. The van der Waals surface area contributed by atoms with Gasteiger partial charge in [-0.05, 0) is 56.7 Å². The van der Waals surface area contributed by atoms with Crippen molar-refractivity contribution in [2.75, 3.05) is 10.8 Å². The van der Waals surface area contributed by atoms with E-state index in [0.717, 1.165) is 0 Å². The highest BCUT2D eigenvalue weighted by Crippen LogP contribution is 2.40. The van der Waals surface area contributed by atoms with Crippen molar-refractivity contribution < 1.29 is 50.1 Å². The number of ether oxygens (including phenoxy) is 2. The third kappa shape index (κ3) is 6.25. The Kier molecular flexibility index (Phi) is 7.26. The number of nitrogens with zero attached hydrogens (tertiary/aromatic N) is 1. The summed E-state index contributed by atoms with van der Waals surface area (Å²) < 4.78 is 91.9. The molecule has 0 saturated heterocycles. The molecule has 0 aromatic heterocycles. The van der Waals surface area contributed by atoms with Crippen LogP contribution in [0.5, 0.6) is 5.75 Å². The van der Waals surface area contributed by atoms with Gasteiger partial charge in [-0.25, -0.2) is 12.8 Å². The highest BCUT2D eigenvalue weighted by atomic mass is 32.2. The molecule has 0 saturated carbocycles. The van der Waals surface area contributed by atoms with Crippen LogP contribution in [-0.2, 0) is 36.9 Å². The summed E-state index contributed by atoms with van der Waals surface area (Å²) in [6.07, 6.45) is -7.15. The molecule has 13 heteroatoms. The van der Waals surface area contributed by atoms with Gasteiger partial charge in [0.05, 0.1) is 35.5 Å². The number of carboxylic acids is 1. The number of hydrogen-bond donors (Lipinski definition) is 1. The molecule has 0 spiro atoms. The molecule has 0 fully saturated rings. The van der Waals surface area contributed by atoms with Crippen LogP contribution in [0.25, 0.3) is 0 Å². The Labute approximate surface area is 204 Å². The lowest BCUT2D eigenvalue weighted by Gasteiger charge is -2.35. The summed E-state index contributed by atoms with van der Waals surface area (Å²) in [5.41, 5.74) is -2.33. The molecule has 1 heterocycles. The zero-order valence-corrected chi connectivity index (χ0v) is 20.2. The topological polar surface area (TPSA) is 110 Å². The van der Waals surface area contributed by atoms with Crippen molar-refractivity contribution in [3.63, 3.8) is 0 Å². The van der Waals surface area contributed by atoms with E-state index in [0.29, 0.717) is 22.0 Å². The number of alkyl halides is 3. The number of carboxylic acid groups (broad SMARTS) is 1. The first kappa shape index (κ1) is 27.2. The summed E-state index contributed by atoms with van der Waals surface area (Å²) in [5, 5.41) is 9.15. The van der Waals surface area contributed by atoms with Crippen molar-refractivity contribution in [2.24, 2.45) is 0 Å². The van der Waals surface area contributed by atoms with Crippen LogP contribution < -0.4 is 9.04 Å². The van der Waals surface area contributed by atoms with Gasteiger partial charge < -0.3 is 14.6 Å². The second-order valence-electron chi connectivity index (χ2n) is 9.08. The number of carbonyl (C=O) groups excluding carboxylic acids is 1. The Hall–Kier alpha value is -3.35. The number of benzene rings is 2. The van der Waals surface area contributed by atoms with Crippen molar-refractivity contribution in [3.8, 4) is 5.75 Å². The van der Waals surface area contributed by atoms with E-state index in [1.165, 1.54) is 18.2 Å². The van der Waals surface area contributed by atoms with Crippen molar-refractivity contribution in [2.45, 2.75) is 56.4 Å². The number of anilines is 1. The average Bonchev–Trinajstić information content (AvgIpc) is 2.70. The summed E-state index contributed by atoms with van der Waals surface area (Å²) >= 11 is 0. The van der Waals surface area contributed by atoms with Gasteiger partial charge in [0.1, 0.15) is 23.3 Å². The monoisotopic (exact) mass is 533 g/mol. The third-order valence-electron chi connectivity index (χ3n) is 4.96. The lowest BCUT2D eigenvalue weighted by molar-refractivity contribution is -0.154. The largest absolute Gasteiger partial charge is 0.486 e. The zero-order valence-electron chi connectivity index (χ0n) is 19.4. The van der Waals surface area contributed by atoms with Crippen molar-refractivity contribution >= 4 is 27.6 Å². The SMILES string of the molecule is CC(C)(C)OC(=O)Cc1ccc2c(c1)N(S(=O)(=O)c1ccc(F)c(C(F)(F)F)c1)C[C@H](CC(=O)O)O2. The summed E-state index contributed by atoms with van der Waals surface area (Å²) in [7, 11) is -4.74. The van der Waals surface area contributed by atoms with Gasteiger partial charge in [0.25, 0.3) is 10.0 Å². The second-order valence-corrected chi connectivity index (χ2v) is 10.9. The number of hydrogen-bond acceptors (Lipinski definition) is 6. The number of rotatable bonds is 6. The van der Waals surface area contributed by atoms with Crippen LogP contribution in [0.15, 0.2) is 41.3 Å². The molecule has 1 atom stereocenters. The van der Waals surface area contributed by atoms with E-state index in [2.05, 4.69) is 0 Å². The maximum atomic E-state index is 13.8. The molecule has 2 aromatic carbocycles. The number of halogens is 4. The molecular formula is C23H23F4NO7S. The summed E-state index contributed by atoms with van der Waals surface area (Å²) in [4.78, 5) is 22.6. The van der Waals surface area contributed by atoms with Crippen LogP contribution in [0, 0.1) is 5.82 Å². The van der Waals surface area contributed by atoms with Crippen LogP contribution >= 0.6 is 0 Å². The maximum absolute atomic E-state index is 13.8. The van der Waals surface area contributed by atoms with E-state index in [4.69, 9.17) is 14.6 Å². The quantitative estimate of drug-likeness (QED) is 0.439. The Morgan fingerprint density at radius 2 is 1.81 bits per heavy atom. The van der Waals surface area contributed by atoms with E-state index in [9.17, 15) is 35.6 Å². The molecule has 3 rings (SSSR count). The molecule has 0 unspecified atom stereocenters. The van der Waals surface area contributed by atoms with E-state index < -0.39 is 69.1 Å². The summed E-state index contributed by atoms with van der Waals surface area (Å²) in [5.74, 6) is -3.59. The molecule has 36 heavy (non-hydrogen) atoms. The first-order valence-corrected chi connectivity index (χ1v) is 12.0. The molecule has 8 nitrogen and oxygen atoms in total. The molecule has 0 aliphatic carbocycles. The third-order valence-corrected chi connectivity index (χ3v) is 6.73. The van der Waals surface area contributed by atoms with Crippen LogP contribution in [0.4, 0.5) is 23.2 Å². The molecule has 1 aliphatic heterocycles. The van der Waals surface area contributed by atoms with Gasteiger partial charge in [-0.1, -0.05) is 6.07 Å². The lowest BCUT2D eigenvalue weighted by atomic mass is 10.1. The van der Waals surface area contributed by atoms with Crippen LogP contribution in [0.1, 0.15) is 38.3 Å². The molecule has 0 amide bonds. The maximum Gasteiger partial charge on any atom is 0.419 e. The van der Waals surface area contributed by atoms with Crippen LogP contribution in [-0.4, -0.2) is 43.7 Å². The highest BCUT2D eigenvalue weighted by Gasteiger charge is 2.39. The number of sulfonamides is 1. The van der Waals surface area contributed by atoms with Crippen LogP contribution in [0.3, 0.4) is 0 Å². The van der Waals surface area contributed by atoms with E-state index >= 15 is 0 Å². The van der Waals surface area contributed by atoms with E-state index in [1.54, 1.807) is 20.8 Å². The average molecular weight is 533 g/mol. The molecule has 1 aliphatic rings. The Morgan fingerprint density at radius 1 is 1.14 bits per heavy atom. The summed E-state index contributed by atoms with van der Waals surface area (Å²) in [6.45, 7) is 4.46. The summed E-state index contributed by atoms with van der Waals surface area (Å²) in [6, 6.07) is 5.34. The molecular weight excluding hydrogens is 510 g/mol. The zero-order chi connectivity index (χ0) is 27.1. The number of carbonyl (C=O) groups is 2. The van der Waals surface area contributed by atoms with Crippen molar-refractivity contribution in [3.05, 3.63) is 53.3 Å². The fraction of sp³-hybridized carbons (Fsp3) is 0.391. The Morgan fingerprint density at radius 3 is 2.39 bits per heavy atom. The standard InChI is InChI=1S/C23H23F4NO7S/c1-22(2,3)35-21(31)9-13-4-7-19-18(8-13)28(12-14(34-19)10-20(29)30)36(32,33)15-5-6-17(24)16(11-15)23(25,26)27/h4-8,11,14H,9-10,12H2,1-3H3,(H,29,30)/t14-/m0/s1. The minimum absolute atomic E-state index is 0.0535. The van der Waals surface area contributed by atoms with Gasteiger partial charge in [0.15, 0.2) is 0 Å². The number of esters is 1. The predicted octanol–water partition coefficient (Wildman–Crippen LogP) is 4.16. The van der Waals surface area contributed by atoms with E-state index in [-0.39, 0.29) is 23.9 Å². The second kappa shape index (κ2) is 9.60. The fourth-order valence-corrected chi connectivity index (χ4v) is 5.08. The minimum Gasteiger partial charge on any atom is -0.486 e. The molecule has 0 radical (unpaired) electrons. The first-order valence-electron chi connectivity index (χ1n) is 10.6. The van der Waals surface area contributed by atoms with Gasteiger partial charge in [-0.3, -0.25) is 13.9 Å². The van der Waals surface area contributed by atoms with Gasteiger partial charge in [-0.15, -0.1) is 0 Å². The highest BCUT2D eigenvalue weighted by molar-refractivity contribution is 7.92. The van der Waals surface area contributed by atoms with Gasteiger partial charge >= 0.3 is 18.1 Å². The Balaban J connectivity index is 2.07. The van der Waals surface area contributed by atoms with E-state index in [1.807, 2.05) is 0 Å².